The molecule has 0 fully saturated rings. The van der Waals surface area contributed by atoms with Crippen LogP contribution in [0.5, 0.6) is 0 Å². The molecule has 4 rings (SSSR count). The van der Waals surface area contributed by atoms with Gasteiger partial charge in [0.05, 0.1) is 14.0 Å². The summed E-state index contributed by atoms with van der Waals surface area (Å²) in [6, 6.07) is 10.3. The molecule has 0 nitrogen and oxygen atoms in total. The normalized spacial score (nSPS) is 14.7. The minimum absolute atomic E-state index is 0.838. The van der Waals surface area contributed by atoms with Crippen molar-refractivity contribution in [1.82, 2.24) is 0 Å². The Morgan fingerprint density at radius 1 is 0.558 bits per heavy atom. The van der Waals surface area contributed by atoms with Gasteiger partial charge >= 0.3 is 0 Å². The fourth-order valence-corrected chi connectivity index (χ4v) is 16.4. The van der Waals surface area contributed by atoms with Crippen molar-refractivity contribution in [2.45, 2.75) is 178 Å². The molecule has 0 saturated heterocycles. The van der Waals surface area contributed by atoms with Gasteiger partial charge in [-0.3, -0.25) is 0 Å². The monoisotopic (exact) mass is 660 g/mol. The second-order valence-electron chi connectivity index (χ2n) is 13.0. The first-order chi connectivity index (χ1) is 20.9. The van der Waals surface area contributed by atoms with Gasteiger partial charge < -0.3 is 0 Å². The molecule has 0 N–H and O–H groups in total. The maximum absolute atomic E-state index is 2.61. The van der Waals surface area contributed by atoms with E-state index in [1.807, 2.05) is 0 Å². The molecule has 1 aliphatic heterocycles. The van der Waals surface area contributed by atoms with Gasteiger partial charge in [0.2, 0.25) is 0 Å². The van der Waals surface area contributed by atoms with E-state index >= 15 is 0 Å². The van der Waals surface area contributed by atoms with Gasteiger partial charge in [0, 0.05) is 24.4 Å². The largest absolute Gasteiger partial charge is 0.148 e. The first-order valence-electron chi connectivity index (χ1n) is 18.1. The number of hydrogen-bond acceptors (Lipinski definition) is 3. The van der Waals surface area contributed by atoms with Crippen molar-refractivity contribution in [3.8, 4) is 9.75 Å². The van der Waals surface area contributed by atoms with E-state index in [0.717, 1.165) is 5.92 Å². The summed E-state index contributed by atoms with van der Waals surface area (Å²) in [5, 5.41) is 0. The van der Waals surface area contributed by atoms with Crippen LogP contribution in [0, 0.1) is 19.8 Å². The Hall–Kier alpha value is -0.550. The van der Waals surface area contributed by atoms with Crippen LogP contribution < -0.4 is 0 Å². The third-order valence-electron chi connectivity index (χ3n) is 8.98. The van der Waals surface area contributed by atoms with Crippen molar-refractivity contribution < 1.29 is 0 Å². The maximum Gasteiger partial charge on any atom is 0.0584 e. The Kier molecular flexibility index (Phi) is 17.0. The number of aryl methyl sites for hydroxylation is 3. The van der Waals surface area contributed by atoms with Gasteiger partial charge in [-0.25, -0.2) is 0 Å². The zero-order valence-corrected chi connectivity index (χ0v) is 32.2. The molecule has 0 aromatic carbocycles. The molecule has 0 spiro atoms. The molecule has 3 aromatic heterocycles. The summed E-state index contributed by atoms with van der Waals surface area (Å²) in [7, 11) is -1.17. The molecule has 0 saturated carbocycles. The van der Waals surface area contributed by atoms with E-state index in [-0.39, 0.29) is 0 Å². The molecule has 3 aromatic rings. The molecule has 1 unspecified atom stereocenters. The van der Waals surface area contributed by atoms with Crippen LogP contribution in [0.25, 0.3) is 9.75 Å². The van der Waals surface area contributed by atoms with Gasteiger partial charge in [0.15, 0.2) is 0 Å². The molecule has 43 heavy (non-hydrogen) atoms. The summed E-state index contributed by atoms with van der Waals surface area (Å²) in [5.74, 6) is 2.22. The first kappa shape index (κ1) is 36.9. The van der Waals surface area contributed by atoms with Gasteiger partial charge in [-0.15, -0.1) is 44.0 Å². The maximum atomic E-state index is 2.61. The van der Waals surface area contributed by atoms with Gasteiger partial charge in [-0.05, 0) is 75.5 Å². The summed E-state index contributed by atoms with van der Waals surface area (Å²) in [4.78, 5) is 11.3. The quantitative estimate of drug-likeness (QED) is 0.106. The smallest absolute Gasteiger partial charge is 0.0584 e. The van der Waals surface area contributed by atoms with Gasteiger partial charge in [0.25, 0.3) is 0 Å². The molecule has 0 amide bonds. The van der Waals surface area contributed by atoms with Crippen molar-refractivity contribution in [2.24, 2.45) is 5.92 Å². The molecule has 1 atom stereocenters. The Morgan fingerprint density at radius 3 is 1.63 bits per heavy atom. The summed E-state index contributed by atoms with van der Waals surface area (Å²) >= 11 is 6.32. The summed E-state index contributed by atoms with van der Waals surface area (Å²) in [5.41, 5.74) is 0. The first-order valence-corrected chi connectivity index (χ1v) is 22.3. The molecule has 0 radical (unpaired) electrons. The summed E-state index contributed by atoms with van der Waals surface area (Å²) < 4.78 is 1.71. The molecule has 0 aliphatic carbocycles. The number of thiophene rings is 3. The van der Waals surface area contributed by atoms with E-state index in [1.165, 1.54) is 131 Å². The molecular weight excluding hydrogens is 597 g/mol. The second kappa shape index (κ2) is 19.9. The Labute approximate surface area is 280 Å². The van der Waals surface area contributed by atoms with Gasteiger partial charge in [0.1, 0.15) is 0 Å². The van der Waals surface area contributed by atoms with E-state index < -0.39 is 10.0 Å². The molecule has 4 heteroatoms. The average molecular weight is 661 g/mol. The lowest BCUT2D eigenvalue weighted by molar-refractivity contribution is 0.449. The number of fused-ring (bicyclic) bond motifs is 3. The van der Waals surface area contributed by atoms with Gasteiger partial charge in [-0.1, -0.05) is 125 Å². The van der Waals surface area contributed by atoms with E-state index in [2.05, 4.69) is 107 Å². The molecule has 1 aliphatic rings. The van der Waals surface area contributed by atoms with Crippen molar-refractivity contribution in [2.75, 3.05) is 5.75 Å². The van der Waals surface area contributed by atoms with Crippen LogP contribution in [0.1, 0.15) is 158 Å². The fraction of sp³-hybridized carbons (Fsp3) is 0.692. The predicted octanol–water partition coefficient (Wildman–Crippen LogP) is 15.6. The highest BCUT2D eigenvalue weighted by atomic mass is 32.3. The minimum atomic E-state index is -1.17. The van der Waals surface area contributed by atoms with Gasteiger partial charge in [-0.2, -0.15) is 0 Å². The highest BCUT2D eigenvalue weighted by Gasteiger charge is 2.45. The molecular formula is C39H64S4. The van der Waals surface area contributed by atoms with E-state index in [9.17, 15) is 0 Å². The minimum Gasteiger partial charge on any atom is -0.148 e. The number of rotatable bonds is 20. The van der Waals surface area contributed by atoms with Crippen molar-refractivity contribution in [3.63, 3.8) is 0 Å². The van der Waals surface area contributed by atoms with Crippen LogP contribution in [-0.2, 0) is 6.42 Å². The van der Waals surface area contributed by atoms with E-state index in [1.54, 1.807) is 28.6 Å². The molecule has 0 bridgehead atoms. The summed E-state index contributed by atoms with van der Waals surface area (Å²) in [6.07, 6.45) is 24.7. The Balaban J connectivity index is 0.000000934. The third-order valence-corrected chi connectivity index (χ3v) is 17.5. The van der Waals surface area contributed by atoms with Crippen molar-refractivity contribution in [1.29, 1.82) is 0 Å². The van der Waals surface area contributed by atoms with Crippen LogP contribution in [0.4, 0.5) is 0 Å². The topological polar surface area (TPSA) is 0 Å². The average Bonchev–Trinajstić information content (AvgIpc) is 3.76. The molecule has 244 valence electrons. The lowest BCUT2D eigenvalue weighted by atomic mass is 9.97. The third kappa shape index (κ3) is 10.2. The highest BCUT2D eigenvalue weighted by Crippen LogP contribution is 2.80. The van der Waals surface area contributed by atoms with Crippen LogP contribution in [0.2, 0.25) is 0 Å². The standard InChI is InChI=1S/C34H52S4.C5H12/c1-6-9-12-14-15-17-20-29-21-22-32(37-29)38(25-28(18-11-8-3)19-16-13-10-7-2)30-23-26(4)35-33(30)34-31(38)24-27(5)36-34;1-3-5-4-2/h21-24,28H,6-20,25H2,1-5H3;3-5H2,1-2H3. The van der Waals surface area contributed by atoms with Crippen molar-refractivity contribution >= 4 is 44.0 Å². The zero-order valence-electron chi connectivity index (χ0n) is 29.0. The van der Waals surface area contributed by atoms with Crippen LogP contribution >= 0.6 is 44.0 Å². The Morgan fingerprint density at radius 2 is 1.07 bits per heavy atom. The predicted molar refractivity (Wildman–Crippen MR) is 203 cm³/mol. The highest BCUT2D eigenvalue weighted by molar-refractivity contribution is 8.35. The number of unbranched alkanes of at least 4 members (excludes halogenated alkanes) is 11. The van der Waals surface area contributed by atoms with E-state index in [0.29, 0.717) is 0 Å². The molecule has 4 heterocycles. The summed E-state index contributed by atoms with van der Waals surface area (Å²) in [6.45, 7) is 16.1. The van der Waals surface area contributed by atoms with Crippen molar-refractivity contribution in [3.05, 3.63) is 38.9 Å². The van der Waals surface area contributed by atoms with E-state index in [4.69, 9.17) is 0 Å². The lowest BCUT2D eigenvalue weighted by Gasteiger charge is -2.39. The van der Waals surface area contributed by atoms with Crippen LogP contribution in [-0.4, -0.2) is 5.75 Å². The fourth-order valence-electron chi connectivity index (χ4n) is 6.54. The Bertz CT molecular complexity index is 1110. The second-order valence-corrected chi connectivity index (χ2v) is 20.0. The lowest BCUT2D eigenvalue weighted by Crippen LogP contribution is -2.14. The number of hydrogen-bond donors (Lipinski definition) is 0. The zero-order chi connectivity index (χ0) is 31.1. The SMILES string of the molecule is CCCCC.CCCCCCCCc1ccc(S2(CC(CCCC)CCCCCC)c3cc(C)sc3-c3sc(C)cc32)s1. The van der Waals surface area contributed by atoms with Crippen LogP contribution in [0.3, 0.4) is 0 Å². The van der Waals surface area contributed by atoms with Crippen LogP contribution in [0.15, 0.2) is 38.3 Å².